The normalized spacial score (nSPS) is 11.8. The lowest BCUT2D eigenvalue weighted by molar-refractivity contribution is -0.135. The Hall–Kier alpha value is -2.25. The van der Waals surface area contributed by atoms with Gasteiger partial charge in [-0.3, -0.25) is 9.89 Å². The summed E-state index contributed by atoms with van der Waals surface area (Å²) in [4.78, 5) is 11.8. The predicted molar refractivity (Wildman–Crippen MR) is 68.1 cm³/mol. The number of nitrogens with zero attached hydrogens (tertiary/aromatic N) is 1. The molecule has 1 aromatic carbocycles. The fraction of sp³-hybridized carbons (Fsp3) is 0.333. The molecule has 0 unspecified atom stereocenters. The van der Waals surface area contributed by atoms with Crippen LogP contribution in [0.2, 0.25) is 0 Å². The maximum Gasteiger partial charge on any atom is 0.389 e. The lowest BCUT2D eigenvalue weighted by atomic mass is 10.2. The summed E-state index contributed by atoms with van der Waals surface area (Å²) >= 11 is 0. The standard InChI is InChI=1S/C12H13F3N4O/c13-12(14,15)4-1-5-17-11(20)10-8-6-7(16)2-3-9(8)18-19-10/h2-3,6H,1,4-5,16H2,(H,17,20)(H,18,19). The second-order valence-corrected chi connectivity index (χ2v) is 4.35. The molecule has 2 rings (SSSR count). The quantitative estimate of drug-likeness (QED) is 0.595. The van der Waals surface area contributed by atoms with Crippen molar-refractivity contribution in [2.75, 3.05) is 12.3 Å². The third kappa shape index (κ3) is 3.40. The van der Waals surface area contributed by atoms with Gasteiger partial charge in [-0.25, -0.2) is 0 Å². The first-order valence-electron chi connectivity index (χ1n) is 5.95. The minimum Gasteiger partial charge on any atom is -0.399 e. The Morgan fingerprint density at radius 2 is 2.15 bits per heavy atom. The van der Waals surface area contributed by atoms with Gasteiger partial charge in [-0.15, -0.1) is 0 Å². The molecule has 2 aromatic rings. The Kier molecular flexibility index (Phi) is 3.82. The van der Waals surface area contributed by atoms with Gasteiger partial charge in [-0.2, -0.15) is 18.3 Å². The Morgan fingerprint density at radius 1 is 1.40 bits per heavy atom. The molecule has 0 atom stereocenters. The lowest BCUT2D eigenvalue weighted by Gasteiger charge is -2.06. The number of amides is 1. The molecule has 0 radical (unpaired) electrons. The van der Waals surface area contributed by atoms with Gasteiger partial charge < -0.3 is 11.1 Å². The summed E-state index contributed by atoms with van der Waals surface area (Å²) in [5, 5.41) is 9.46. The Balaban J connectivity index is 1.99. The summed E-state index contributed by atoms with van der Waals surface area (Å²) in [5.41, 5.74) is 6.86. The number of benzene rings is 1. The van der Waals surface area contributed by atoms with Crippen LogP contribution in [-0.4, -0.2) is 28.8 Å². The minimum atomic E-state index is -4.21. The molecule has 0 saturated heterocycles. The van der Waals surface area contributed by atoms with Crippen molar-refractivity contribution in [3.8, 4) is 0 Å². The number of hydrogen-bond donors (Lipinski definition) is 3. The van der Waals surface area contributed by atoms with Crippen LogP contribution in [-0.2, 0) is 0 Å². The summed E-state index contributed by atoms with van der Waals surface area (Å²) < 4.78 is 35.9. The van der Waals surface area contributed by atoms with Gasteiger partial charge in [0.25, 0.3) is 5.91 Å². The first kappa shape index (κ1) is 14.2. The van der Waals surface area contributed by atoms with E-state index < -0.39 is 18.5 Å². The van der Waals surface area contributed by atoms with Gasteiger partial charge >= 0.3 is 6.18 Å². The van der Waals surface area contributed by atoms with Crippen molar-refractivity contribution in [1.82, 2.24) is 15.5 Å². The molecule has 108 valence electrons. The molecule has 0 aliphatic carbocycles. The van der Waals surface area contributed by atoms with E-state index in [-0.39, 0.29) is 18.7 Å². The Labute approximate surface area is 112 Å². The molecular weight excluding hydrogens is 273 g/mol. The van der Waals surface area contributed by atoms with Crippen molar-refractivity contribution in [2.24, 2.45) is 0 Å². The number of nitrogens with one attached hydrogen (secondary N) is 2. The molecule has 4 N–H and O–H groups in total. The number of carbonyl (C=O) groups excluding carboxylic acids is 1. The van der Waals surface area contributed by atoms with Crippen molar-refractivity contribution in [3.63, 3.8) is 0 Å². The molecule has 0 aliphatic heterocycles. The second-order valence-electron chi connectivity index (χ2n) is 4.35. The molecule has 0 spiro atoms. The van der Waals surface area contributed by atoms with Crippen LogP contribution in [0.15, 0.2) is 18.2 Å². The average Bonchev–Trinajstić information content (AvgIpc) is 2.76. The van der Waals surface area contributed by atoms with Crippen LogP contribution in [0.5, 0.6) is 0 Å². The van der Waals surface area contributed by atoms with Crippen LogP contribution in [0.1, 0.15) is 23.3 Å². The summed E-state index contributed by atoms with van der Waals surface area (Å²) in [6.07, 6.45) is -5.31. The van der Waals surface area contributed by atoms with Crippen LogP contribution < -0.4 is 11.1 Å². The van der Waals surface area contributed by atoms with Crippen molar-refractivity contribution in [1.29, 1.82) is 0 Å². The van der Waals surface area contributed by atoms with Crippen molar-refractivity contribution < 1.29 is 18.0 Å². The topological polar surface area (TPSA) is 83.8 Å². The molecule has 0 fully saturated rings. The smallest absolute Gasteiger partial charge is 0.389 e. The monoisotopic (exact) mass is 286 g/mol. The molecule has 0 aliphatic rings. The van der Waals surface area contributed by atoms with Crippen molar-refractivity contribution in [3.05, 3.63) is 23.9 Å². The largest absolute Gasteiger partial charge is 0.399 e. The molecule has 1 amide bonds. The summed E-state index contributed by atoms with van der Waals surface area (Å²) in [6.45, 7) is -0.0605. The van der Waals surface area contributed by atoms with E-state index in [9.17, 15) is 18.0 Å². The SMILES string of the molecule is Nc1ccc2[nH]nc(C(=O)NCCCC(F)(F)F)c2c1. The van der Waals surface area contributed by atoms with Gasteiger partial charge in [0, 0.05) is 24.0 Å². The van der Waals surface area contributed by atoms with Gasteiger partial charge in [-0.1, -0.05) is 0 Å². The second kappa shape index (κ2) is 5.40. The van der Waals surface area contributed by atoms with E-state index in [1.807, 2.05) is 0 Å². The molecule has 1 aromatic heterocycles. The van der Waals surface area contributed by atoms with Crippen molar-refractivity contribution >= 4 is 22.5 Å². The number of nitrogens with two attached hydrogens (primary N) is 1. The minimum absolute atomic E-state index is 0.0605. The predicted octanol–water partition coefficient (Wildman–Crippen LogP) is 2.22. The highest BCUT2D eigenvalue weighted by Crippen LogP contribution is 2.21. The zero-order valence-electron chi connectivity index (χ0n) is 10.4. The molecule has 0 bridgehead atoms. The van der Waals surface area contributed by atoms with Crippen LogP contribution in [0.25, 0.3) is 10.9 Å². The molecule has 1 heterocycles. The van der Waals surface area contributed by atoms with Gasteiger partial charge in [-0.05, 0) is 24.6 Å². The first-order chi connectivity index (χ1) is 9.37. The number of nitrogen functional groups attached to an aromatic ring is 1. The molecule has 0 saturated carbocycles. The van der Waals surface area contributed by atoms with Crippen LogP contribution >= 0.6 is 0 Å². The summed E-state index contributed by atoms with van der Waals surface area (Å²) in [6, 6.07) is 4.92. The number of fused-ring (bicyclic) bond motifs is 1. The van der Waals surface area contributed by atoms with Crippen LogP contribution in [0.3, 0.4) is 0 Å². The number of alkyl halides is 3. The fourth-order valence-corrected chi connectivity index (χ4v) is 1.78. The van der Waals surface area contributed by atoms with Crippen LogP contribution in [0.4, 0.5) is 18.9 Å². The summed E-state index contributed by atoms with van der Waals surface area (Å²) in [7, 11) is 0. The fourth-order valence-electron chi connectivity index (χ4n) is 1.78. The van der Waals surface area contributed by atoms with Gasteiger partial charge in [0.05, 0.1) is 5.52 Å². The van der Waals surface area contributed by atoms with E-state index in [0.29, 0.717) is 16.6 Å². The molecule has 8 heteroatoms. The van der Waals surface area contributed by atoms with E-state index in [1.54, 1.807) is 18.2 Å². The number of hydrogen-bond acceptors (Lipinski definition) is 3. The lowest BCUT2D eigenvalue weighted by Crippen LogP contribution is -2.26. The summed E-state index contributed by atoms with van der Waals surface area (Å²) in [5.74, 6) is -0.524. The van der Waals surface area contributed by atoms with E-state index in [4.69, 9.17) is 5.73 Å². The van der Waals surface area contributed by atoms with Crippen molar-refractivity contribution in [2.45, 2.75) is 19.0 Å². The molecule has 20 heavy (non-hydrogen) atoms. The number of halogens is 3. The third-order valence-corrected chi connectivity index (χ3v) is 2.72. The maximum atomic E-state index is 12.0. The van der Waals surface area contributed by atoms with E-state index >= 15 is 0 Å². The van der Waals surface area contributed by atoms with E-state index in [2.05, 4.69) is 15.5 Å². The number of rotatable bonds is 4. The van der Waals surface area contributed by atoms with Crippen LogP contribution in [0, 0.1) is 0 Å². The van der Waals surface area contributed by atoms with Gasteiger partial charge in [0.15, 0.2) is 5.69 Å². The Morgan fingerprint density at radius 3 is 2.85 bits per heavy atom. The third-order valence-electron chi connectivity index (χ3n) is 2.72. The highest BCUT2D eigenvalue weighted by Gasteiger charge is 2.26. The number of H-pyrrole nitrogens is 1. The highest BCUT2D eigenvalue weighted by molar-refractivity contribution is 6.05. The number of carbonyl (C=O) groups is 1. The number of aromatic nitrogens is 2. The van der Waals surface area contributed by atoms with E-state index in [1.165, 1.54) is 0 Å². The highest BCUT2D eigenvalue weighted by atomic mass is 19.4. The maximum absolute atomic E-state index is 12.0. The zero-order valence-corrected chi connectivity index (χ0v) is 10.4. The first-order valence-corrected chi connectivity index (χ1v) is 5.95. The zero-order chi connectivity index (χ0) is 14.8. The number of anilines is 1. The van der Waals surface area contributed by atoms with E-state index in [0.717, 1.165) is 0 Å². The van der Waals surface area contributed by atoms with Gasteiger partial charge in [0.2, 0.25) is 0 Å². The molecule has 5 nitrogen and oxygen atoms in total. The average molecular weight is 286 g/mol. The number of aromatic amines is 1. The van der Waals surface area contributed by atoms with Gasteiger partial charge in [0.1, 0.15) is 0 Å². The Bertz CT molecular complexity index is 621. The molecular formula is C12H13F3N4O.